The zero-order valence-electron chi connectivity index (χ0n) is 16.4. The van der Waals surface area contributed by atoms with Crippen molar-refractivity contribution in [1.82, 2.24) is 0 Å². The van der Waals surface area contributed by atoms with Gasteiger partial charge in [0.05, 0.1) is 0 Å². The molecule has 0 heteroatoms. The van der Waals surface area contributed by atoms with Crippen molar-refractivity contribution in [1.29, 1.82) is 0 Å². The highest BCUT2D eigenvalue weighted by molar-refractivity contribution is 6.06. The van der Waals surface area contributed by atoms with Crippen molar-refractivity contribution in [3.8, 4) is 12.3 Å². The molecule has 0 aliphatic rings. The normalized spacial score (nSPS) is 13.3. The molecule has 136 valence electrons. The standard InChI is InChI=1S/C28H24/c1-4-5-12-22(2)13-6-7-14-23(3)19-20-28-26-17-10-8-15-24(26)21-25-16-9-11-18-27(25)28/h1,5-21H,2-3H3/b7-6+,12-5+,20-19+,22-13+,23-14+. The van der Waals surface area contributed by atoms with Gasteiger partial charge in [0.2, 0.25) is 0 Å². The summed E-state index contributed by atoms with van der Waals surface area (Å²) in [6, 6.07) is 19.4. The van der Waals surface area contributed by atoms with Gasteiger partial charge in [-0.05, 0) is 53.1 Å². The van der Waals surface area contributed by atoms with Crippen LogP contribution in [0.15, 0.2) is 108 Å². The Morgan fingerprint density at radius 2 is 1.32 bits per heavy atom. The summed E-state index contributed by atoms with van der Waals surface area (Å²) in [6.07, 6.45) is 21.5. The molecule has 0 saturated heterocycles. The number of allylic oxidation sites excluding steroid dienone is 9. The van der Waals surface area contributed by atoms with Gasteiger partial charge >= 0.3 is 0 Å². The summed E-state index contributed by atoms with van der Waals surface area (Å²) >= 11 is 0. The first-order valence-electron chi connectivity index (χ1n) is 9.42. The Hall–Kier alpha value is -3.56. The lowest BCUT2D eigenvalue weighted by molar-refractivity contribution is 1.51. The van der Waals surface area contributed by atoms with E-state index in [0.29, 0.717) is 0 Å². The third-order valence-corrected chi connectivity index (χ3v) is 4.60. The molecule has 3 rings (SSSR count). The van der Waals surface area contributed by atoms with Gasteiger partial charge in [-0.3, -0.25) is 0 Å². The van der Waals surface area contributed by atoms with E-state index in [2.05, 4.69) is 85.7 Å². The minimum Gasteiger partial charge on any atom is -0.115 e. The molecule has 0 nitrogen and oxygen atoms in total. The molecule has 3 aromatic carbocycles. The van der Waals surface area contributed by atoms with Crippen LogP contribution in [0.25, 0.3) is 27.6 Å². The van der Waals surface area contributed by atoms with Gasteiger partial charge in [0, 0.05) is 0 Å². The second-order valence-corrected chi connectivity index (χ2v) is 6.77. The largest absolute Gasteiger partial charge is 0.115 e. The summed E-state index contributed by atoms with van der Waals surface area (Å²) in [5.74, 6) is 2.50. The lowest BCUT2D eigenvalue weighted by atomic mass is 9.96. The van der Waals surface area contributed by atoms with Crippen LogP contribution in [-0.2, 0) is 0 Å². The van der Waals surface area contributed by atoms with Gasteiger partial charge in [0.1, 0.15) is 0 Å². The number of terminal acetylenes is 1. The molecule has 0 atom stereocenters. The Morgan fingerprint density at radius 1 is 0.786 bits per heavy atom. The molecule has 28 heavy (non-hydrogen) atoms. The summed E-state index contributed by atoms with van der Waals surface area (Å²) in [5.41, 5.74) is 3.58. The molecule has 0 radical (unpaired) electrons. The van der Waals surface area contributed by atoms with Crippen LogP contribution in [0.1, 0.15) is 19.4 Å². The monoisotopic (exact) mass is 360 g/mol. The Kier molecular flexibility index (Phi) is 6.45. The minimum absolute atomic E-state index is 1.12. The topological polar surface area (TPSA) is 0 Å². The van der Waals surface area contributed by atoms with Crippen molar-refractivity contribution in [3.63, 3.8) is 0 Å². The quantitative estimate of drug-likeness (QED) is 0.249. The predicted octanol–water partition coefficient (Wildman–Crippen LogP) is 7.64. The van der Waals surface area contributed by atoms with Crippen LogP contribution < -0.4 is 0 Å². The van der Waals surface area contributed by atoms with Crippen molar-refractivity contribution in [3.05, 3.63) is 114 Å². The summed E-state index contributed by atoms with van der Waals surface area (Å²) in [5, 5.41) is 5.09. The summed E-state index contributed by atoms with van der Waals surface area (Å²) in [4.78, 5) is 0. The highest BCUT2D eigenvalue weighted by atomic mass is 14.1. The fourth-order valence-corrected chi connectivity index (χ4v) is 3.15. The first-order chi connectivity index (χ1) is 13.7. The smallest absolute Gasteiger partial charge is 0.00993 e. The number of fused-ring (bicyclic) bond motifs is 2. The second kappa shape index (κ2) is 9.40. The maximum atomic E-state index is 5.22. The van der Waals surface area contributed by atoms with Gasteiger partial charge in [-0.25, -0.2) is 0 Å². The molecule has 0 saturated carbocycles. The summed E-state index contributed by atoms with van der Waals surface area (Å²) < 4.78 is 0. The van der Waals surface area contributed by atoms with Gasteiger partial charge in [-0.1, -0.05) is 108 Å². The van der Waals surface area contributed by atoms with Crippen LogP contribution in [0.3, 0.4) is 0 Å². The van der Waals surface area contributed by atoms with Crippen molar-refractivity contribution in [2.24, 2.45) is 0 Å². The van der Waals surface area contributed by atoms with Crippen molar-refractivity contribution < 1.29 is 0 Å². The van der Waals surface area contributed by atoms with Crippen LogP contribution in [0.5, 0.6) is 0 Å². The molecular weight excluding hydrogens is 336 g/mol. The van der Waals surface area contributed by atoms with E-state index in [1.165, 1.54) is 32.7 Å². The van der Waals surface area contributed by atoms with E-state index in [0.717, 1.165) is 5.57 Å². The van der Waals surface area contributed by atoms with E-state index >= 15 is 0 Å². The molecule has 0 amide bonds. The molecular formula is C28H24. The maximum Gasteiger partial charge on any atom is -0.00993 e. The third-order valence-electron chi connectivity index (χ3n) is 4.60. The summed E-state index contributed by atoms with van der Waals surface area (Å²) in [7, 11) is 0. The maximum absolute atomic E-state index is 5.22. The van der Waals surface area contributed by atoms with Gasteiger partial charge < -0.3 is 0 Å². The van der Waals surface area contributed by atoms with E-state index in [1.54, 1.807) is 6.08 Å². The Bertz CT molecular complexity index is 1120. The fourth-order valence-electron chi connectivity index (χ4n) is 3.15. The van der Waals surface area contributed by atoms with E-state index in [9.17, 15) is 0 Å². The van der Waals surface area contributed by atoms with E-state index in [-0.39, 0.29) is 0 Å². The molecule has 0 heterocycles. The zero-order valence-corrected chi connectivity index (χ0v) is 16.4. The predicted molar refractivity (Wildman–Crippen MR) is 125 cm³/mol. The van der Waals surface area contributed by atoms with Crippen molar-refractivity contribution >= 4 is 27.6 Å². The van der Waals surface area contributed by atoms with Crippen LogP contribution in [0.4, 0.5) is 0 Å². The molecule has 0 spiro atoms. The first kappa shape index (κ1) is 19.2. The van der Waals surface area contributed by atoms with Gasteiger partial charge in [0.25, 0.3) is 0 Å². The van der Waals surface area contributed by atoms with Crippen LogP contribution in [0.2, 0.25) is 0 Å². The number of benzene rings is 3. The van der Waals surface area contributed by atoms with Gasteiger partial charge in [-0.2, -0.15) is 0 Å². The Labute approximate surface area is 167 Å². The first-order valence-corrected chi connectivity index (χ1v) is 9.42. The SMILES string of the molecule is C#C/C=C/C(C)=C/C=C/C=C(C)/C=C/c1c2ccccc2cc2ccccc12. The minimum atomic E-state index is 1.12. The van der Waals surface area contributed by atoms with E-state index < -0.39 is 0 Å². The molecule has 0 N–H and O–H groups in total. The summed E-state index contributed by atoms with van der Waals surface area (Å²) in [6.45, 7) is 4.14. The van der Waals surface area contributed by atoms with Crippen LogP contribution in [0, 0.1) is 12.3 Å². The number of rotatable bonds is 5. The average molecular weight is 361 g/mol. The number of hydrogen-bond donors (Lipinski definition) is 0. The highest BCUT2D eigenvalue weighted by Crippen LogP contribution is 2.29. The van der Waals surface area contributed by atoms with Crippen LogP contribution in [-0.4, -0.2) is 0 Å². The molecule has 0 unspecified atom stereocenters. The van der Waals surface area contributed by atoms with Crippen molar-refractivity contribution in [2.75, 3.05) is 0 Å². The third kappa shape index (κ3) is 4.78. The highest BCUT2D eigenvalue weighted by Gasteiger charge is 2.04. The van der Waals surface area contributed by atoms with E-state index in [1.807, 2.05) is 31.2 Å². The fraction of sp³-hybridized carbons (Fsp3) is 0.0714. The molecule has 0 fully saturated rings. The molecule has 0 aliphatic carbocycles. The van der Waals surface area contributed by atoms with Crippen LogP contribution >= 0.6 is 0 Å². The molecule has 0 aliphatic heterocycles. The van der Waals surface area contributed by atoms with E-state index in [4.69, 9.17) is 6.42 Å². The number of hydrogen-bond acceptors (Lipinski definition) is 0. The van der Waals surface area contributed by atoms with Crippen molar-refractivity contribution in [2.45, 2.75) is 13.8 Å². The lowest BCUT2D eigenvalue weighted by Crippen LogP contribution is -1.83. The average Bonchev–Trinajstić information content (AvgIpc) is 2.72. The molecule has 0 aromatic heterocycles. The second-order valence-electron chi connectivity index (χ2n) is 6.77. The van der Waals surface area contributed by atoms with Gasteiger partial charge in [-0.15, -0.1) is 6.42 Å². The Balaban J connectivity index is 1.90. The molecule has 0 bridgehead atoms. The lowest BCUT2D eigenvalue weighted by Gasteiger charge is -2.08. The zero-order chi connectivity index (χ0) is 19.8. The van der Waals surface area contributed by atoms with Gasteiger partial charge in [0.15, 0.2) is 0 Å². The molecule has 3 aromatic rings. The Morgan fingerprint density at radius 3 is 1.89 bits per heavy atom.